The molecular formula is C24H33NO3. The van der Waals surface area contributed by atoms with Crippen molar-refractivity contribution in [2.24, 2.45) is 0 Å². The average Bonchev–Trinajstić information content (AvgIpc) is 2.70. The number of hydrogen-bond acceptors (Lipinski definition) is 3. The molecule has 0 fully saturated rings. The second kappa shape index (κ2) is 11.4. The number of nitrogens with one attached hydrogen (secondary N) is 1. The lowest BCUT2D eigenvalue weighted by atomic mass is 10.1. The SMILES string of the molecule is CCc1ccc(OC(CC)C(=O)NCCCc2ccc(OC(C)C)cc2)cc1. The van der Waals surface area contributed by atoms with Crippen molar-refractivity contribution in [2.45, 2.75) is 65.6 Å². The summed E-state index contributed by atoms with van der Waals surface area (Å²) in [7, 11) is 0. The highest BCUT2D eigenvalue weighted by Crippen LogP contribution is 2.16. The lowest BCUT2D eigenvalue weighted by molar-refractivity contribution is -0.128. The van der Waals surface area contributed by atoms with E-state index in [2.05, 4.69) is 24.4 Å². The summed E-state index contributed by atoms with van der Waals surface area (Å²) in [6, 6.07) is 16.1. The Morgan fingerprint density at radius 2 is 1.46 bits per heavy atom. The van der Waals surface area contributed by atoms with E-state index in [0.29, 0.717) is 13.0 Å². The molecule has 0 saturated carbocycles. The number of hydrogen-bond donors (Lipinski definition) is 1. The zero-order valence-corrected chi connectivity index (χ0v) is 17.5. The van der Waals surface area contributed by atoms with E-state index in [-0.39, 0.29) is 12.0 Å². The topological polar surface area (TPSA) is 47.6 Å². The molecule has 0 radical (unpaired) electrons. The number of carbonyl (C=O) groups is 1. The van der Waals surface area contributed by atoms with Crippen LogP contribution < -0.4 is 14.8 Å². The molecule has 2 aromatic carbocycles. The van der Waals surface area contributed by atoms with Crippen molar-refractivity contribution < 1.29 is 14.3 Å². The van der Waals surface area contributed by atoms with Gasteiger partial charge in [0.05, 0.1) is 6.10 Å². The Balaban J connectivity index is 1.73. The standard InChI is InChI=1S/C24H33NO3/c1-5-19-9-13-22(14-10-19)28-23(6-2)24(26)25-17-7-8-20-11-15-21(16-12-20)27-18(3)4/h9-16,18,23H,5-8,17H2,1-4H3,(H,25,26). The largest absolute Gasteiger partial charge is 0.491 e. The Hall–Kier alpha value is -2.49. The van der Waals surface area contributed by atoms with Gasteiger partial charge in [0.25, 0.3) is 5.91 Å². The fraction of sp³-hybridized carbons (Fsp3) is 0.458. The van der Waals surface area contributed by atoms with Crippen LogP contribution in [-0.4, -0.2) is 24.7 Å². The fourth-order valence-corrected chi connectivity index (χ4v) is 2.92. The zero-order chi connectivity index (χ0) is 20.4. The van der Waals surface area contributed by atoms with Gasteiger partial charge in [0.15, 0.2) is 6.10 Å². The molecule has 0 aliphatic carbocycles. The van der Waals surface area contributed by atoms with Gasteiger partial charge in [-0.1, -0.05) is 38.1 Å². The predicted octanol–water partition coefficient (Wildman–Crippen LogP) is 4.94. The maximum Gasteiger partial charge on any atom is 0.261 e. The summed E-state index contributed by atoms with van der Waals surface area (Å²) in [4.78, 5) is 12.4. The van der Waals surface area contributed by atoms with Crippen molar-refractivity contribution in [1.29, 1.82) is 0 Å². The normalized spacial score (nSPS) is 11.9. The predicted molar refractivity (Wildman–Crippen MR) is 114 cm³/mol. The molecule has 4 heteroatoms. The van der Waals surface area contributed by atoms with Gasteiger partial charge < -0.3 is 14.8 Å². The van der Waals surface area contributed by atoms with E-state index in [4.69, 9.17) is 9.47 Å². The quantitative estimate of drug-likeness (QED) is 0.559. The molecule has 1 unspecified atom stereocenters. The fourth-order valence-electron chi connectivity index (χ4n) is 2.92. The maximum atomic E-state index is 12.4. The summed E-state index contributed by atoms with van der Waals surface area (Å²) < 4.78 is 11.5. The second-order valence-corrected chi connectivity index (χ2v) is 7.22. The number of rotatable bonds is 11. The van der Waals surface area contributed by atoms with Crippen molar-refractivity contribution in [3.63, 3.8) is 0 Å². The van der Waals surface area contributed by atoms with E-state index in [1.807, 2.05) is 57.2 Å². The number of aryl methyl sites for hydroxylation is 2. The lowest BCUT2D eigenvalue weighted by Crippen LogP contribution is -2.38. The van der Waals surface area contributed by atoms with Crippen LogP contribution in [0.25, 0.3) is 0 Å². The second-order valence-electron chi connectivity index (χ2n) is 7.22. The van der Waals surface area contributed by atoms with Crippen LogP contribution in [0.3, 0.4) is 0 Å². The summed E-state index contributed by atoms with van der Waals surface area (Å²) in [5.74, 6) is 1.58. The minimum Gasteiger partial charge on any atom is -0.491 e. The van der Waals surface area contributed by atoms with E-state index >= 15 is 0 Å². The summed E-state index contributed by atoms with van der Waals surface area (Å²) in [6.07, 6.45) is 3.15. The van der Waals surface area contributed by atoms with Crippen LogP contribution in [0.1, 0.15) is 51.7 Å². The smallest absolute Gasteiger partial charge is 0.261 e. The molecule has 4 nitrogen and oxygen atoms in total. The molecule has 0 saturated heterocycles. The first-order valence-corrected chi connectivity index (χ1v) is 10.3. The van der Waals surface area contributed by atoms with Gasteiger partial charge in [-0.15, -0.1) is 0 Å². The molecule has 0 aromatic heterocycles. The van der Waals surface area contributed by atoms with Crippen LogP contribution in [0.4, 0.5) is 0 Å². The molecule has 1 atom stereocenters. The first-order chi connectivity index (χ1) is 13.5. The van der Waals surface area contributed by atoms with Gasteiger partial charge in [0.2, 0.25) is 0 Å². The molecule has 0 heterocycles. The number of carbonyl (C=O) groups excluding carboxylic acids is 1. The van der Waals surface area contributed by atoms with Gasteiger partial charge in [-0.3, -0.25) is 4.79 Å². The summed E-state index contributed by atoms with van der Waals surface area (Å²) in [6.45, 7) is 8.75. The van der Waals surface area contributed by atoms with Crippen molar-refractivity contribution in [3.05, 3.63) is 59.7 Å². The Morgan fingerprint density at radius 3 is 2.00 bits per heavy atom. The molecule has 0 aliphatic heterocycles. The van der Waals surface area contributed by atoms with Gasteiger partial charge in [-0.05, 0) is 74.9 Å². The third kappa shape index (κ3) is 7.26. The van der Waals surface area contributed by atoms with Crippen molar-refractivity contribution in [3.8, 4) is 11.5 Å². The Labute approximate surface area is 169 Å². The van der Waals surface area contributed by atoms with Gasteiger partial charge in [0.1, 0.15) is 11.5 Å². The van der Waals surface area contributed by atoms with Gasteiger partial charge in [-0.2, -0.15) is 0 Å². The third-order valence-electron chi connectivity index (χ3n) is 4.51. The van der Waals surface area contributed by atoms with Gasteiger partial charge >= 0.3 is 0 Å². The molecule has 0 spiro atoms. The van der Waals surface area contributed by atoms with E-state index in [1.165, 1.54) is 11.1 Å². The van der Waals surface area contributed by atoms with E-state index in [1.54, 1.807) is 0 Å². The van der Waals surface area contributed by atoms with Crippen molar-refractivity contribution in [2.75, 3.05) is 6.54 Å². The molecular weight excluding hydrogens is 350 g/mol. The highest BCUT2D eigenvalue weighted by atomic mass is 16.5. The molecule has 1 amide bonds. The van der Waals surface area contributed by atoms with Crippen LogP contribution in [0.15, 0.2) is 48.5 Å². The molecule has 0 bridgehead atoms. The Bertz CT molecular complexity index is 708. The monoisotopic (exact) mass is 383 g/mol. The summed E-state index contributed by atoms with van der Waals surface area (Å²) in [5.41, 5.74) is 2.50. The maximum absolute atomic E-state index is 12.4. The third-order valence-corrected chi connectivity index (χ3v) is 4.51. The van der Waals surface area contributed by atoms with Crippen LogP contribution in [-0.2, 0) is 17.6 Å². The molecule has 0 aliphatic rings. The first-order valence-electron chi connectivity index (χ1n) is 10.3. The van der Waals surface area contributed by atoms with Gasteiger partial charge in [-0.25, -0.2) is 0 Å². The Morgan fingerprint density at radius 1 is 0.893 bits per heavy atom. The molecule has 2 rings (SSSR count). The molecule has 28 heavy (non-hydrogen) atoms. The molecule has 152 valence electrons. The lowest BCUT2D eigenvalue weighted by Gasteiger charge is -2.17. The number of benzene rings is 2. The average molecular weight is 384 g/mol. The van der Waals surface area contributed by atoms with E-state index in [0.717, 1.165) is 30.8 Å². The Kier molecular flexibility index (Phi) is 8.86. The summed E-state index contributed by atoms with van der Waals surface area (Å²) >= 11 is 0. The summed E-state index contributed by atoms with van der Waals surface area (Å²) in [5, 5.41) is 3.00. The zero-order valence-electron chi connectivity index (χ0n) is 17.5. The van der Waals surface area contributed by atoms with Crippen molar-refractivity contribution >= 4 is 5.91 Å². The minimum absolute atomic E-state index is 0.0530. The van der Waals surface area contributed by atoms with Crippen LogP contribution in [0, 0.1) is 0 Å². The van der Waals surface area contributed by atoms with E-state index in [9.17, 15) is 4.79 Å². The van der Waals surface area contributed by atoms with Crippen LogP contribution >= 0.6 is 0 Å². The number of ether oxygens (including phenoxy) is 2. The van der Waals surface area contributed by atoms with Gasteiger partial charge in [0, 0.05) is 6.54 Å². The minimum atomic E-state index is -0.458. The van der Waals surface area contributed by atoms with Crippen LogP contribution in [0.5, 0.6) is 11.5 Å². The van der Waals surface area contributed by atoms with Crippen molar-refractivity contribution in [1.82, 2.24) is 5.32 Å². The first kappa shape index (κ1) is 21.8. The van der Waals surface area contributed by atoms with Crippen LogP contribution in [0.2, 0.25) is 0 Å². The highest BCUT2D eigenvalue weighted by Gasteiger charge is 2.17. The molecule has 2 aromatic rings. The highest BCUT2D eigenvalue weighted by molar-refractivity contribution is 5.81. The number of amides is 1. The van der Waals surface area contributed by atoms with E-state index < -0.39 is 6.10 Å². The molecule has 1 N–H and O–H groups in total.